The minimum absolute atomic E-state index is 0.358. The van der Waals surface area contributed by atoms with E-state index in [4.69, 9.17) is 9.47 Å². The second kappa shape index (κ2) is 5.47. The van der Waals surface area contributed by atoms with Crippen molar-refractivity contribution in [2.24, 2.45) is 0 Å². The van der Waals surface area contributed by atoms with Crippen LogP contribution in [0.4, 0.5) is 0 Å². The van der Waals surface area contributed by atoms with Crippen molar-refractivity contribution in [2.45, 2.75) is 43.9 Å². The van der Waals surface area contributed by atoms with Gasteiger partial charge in [-0.3, -0.25) is 0 Å². The van der Waals surface area contributed by atoms with Gasteiger partial charge in [0.15, 0.2) is 0 Å². The Kier molecular flexibility index (Phi) is 3.45. The van der Waals surface area contributed by atoms with Gasteiger partial charge in [-0.15, -0.1) is 0 Å². The van der Waals surface area contributed by atoms with Crippen molar-refractivity contribution < 1.29 is 9.47 Å². The van der Waals surface area contributed by atoms with Crippen molar-refractivity contribution in [2.75, 3.05) is 14.2 Å². The summed E-state index contributed by atoms with van der Waals surface area (Å²) < 4.78 is 11.6. The average Bonchev–Trinajstić information content (AvgIpc) is 2.75. The summed E-state index contributed by atoms with van der Waals surface area (Å²) in [6, 6.07) is 13.9. The van der Waals surface area contributed by atoms with Crippen molar-refractivity contribution in [3.8, 4) is 11.5 Å². The van der Waals surface area contributed by atoms with Crippen LogP contribution in [0.5, 0.6) is 11.5 Å². The third kappa shape index (κ3) is 2.44. The van der Waals surface area contributed by atoms with E-state index in [0.29, 0.717) is 18.2 Å². The Hall–Kier alpha value is -1.74. The molecule has 2 fully saturated rings. The summed E-state index contributed by atoms with van der Waals surface area (Å²) in [6.45, 7) is 0. The summed E-state index contributed by atoms with van der Waals surface area (Å²) in [5, 5.41) is 2.39. The summed E-state index contributed by atoms with van der Waals surface area (Å²) >= 11 is 0. The van der Waals surface area contributed by atoms with Crippen LogP contribution < -0.4 is 9.47 Å². The molecular weight excluding hydrogens is 274 g/mol. The van der Waals surface area contributed by atoms with Crippen LogP contribution in [0.15, 0.2) is 36.4 Å². The van der Waals surface area contributed by atoms with E-state index in [0.717, 1.165) is 24.3 Å². The van der Waals surface area contributed by atoms with Gasteiger partial charge in [0.05, 0.1) is 7.11 Å². The molecule has 116 valence electrons. The van der Waals surface area contributed by atoms with Crippen LogP contribution in [0.3, 0.4) is 0 Å². The summed E-state index contributed by atoms with van der Waals surface area (Å²) in [6.07, 6.45) is 5.33. The number of ether oxygens (including phenoxy) is 2. The van der Waals surface area contributed by atoms with Gasteiger partial charge in [-0.25, -0.2) is 0 Å². The van der Waals surface area contributed by atoms with E-state index >= 15 is 0 Å². The maximum atomic E-state index is 6.30. The predicted octanol–water partition coefficient (Wildman–Crippen LogP) is 3.85. The molecule has 2 atom stereocenters. The number of piperidine rings is 1. The Bertz CT molecular complexity index is 670. The van der Waals surface area contributed by atoms with Gasteiger partial charge in [-0.2, -0.15) is 0 Å². The monoisotopic (exact) mass is 297 g/mol. The first-order valence-corrected chi connectivity index (χ1v) is 8.19. The molecule has 22 heavy (non-hydrogen) atoms. The van der Waals surface area contributed by atoms with Crippen LogP contribution in [-0.2, 0) is 0 Å². The molecule has 2 bridgehead atoms. The van der Waals surface area contributed by atoms with Crippen molar-refractivity contribution in [1.29, 1.82) is 0 Å². The fourth-order valence-electron chi connectivity index (χ4n) is 4.05. The number of methoxy groups -OCH3 is 1. The lowest BCUT2D eigenvalue weighted by molar-refractivity contribution is 0.0662. The molecule has 0 N–H and O–H groups in total. The lowest BCUT2D eigenvalue weighted by Gasteiger charge is -2.36. The Morgan fingerprint density at radius 1 is 0.909 bits per heavy atom. The first-order chi connectivity index (χ1) is 10.7. The molecule has 2 aliphatic heterocycles. The van der Waals surface area contributed by atoms with E-state index < -0.39 is 0 Å². The van der Waals surface area contributed by atoms with E-state index in [1.54, 1.807) is 7.11 Å². The molecule has 2 saturated heterocycles. The topological polar surface area (TPSA) is 21.7 Å². The molecular formula is C19H23NO2. The van der Waals surface area contributed by atoms with Gasteiger partial charge in [0.1, 0.15) is 17.6 Å². The summed E-state index contributed by atoms with van der Waals surface area (Å²) in [5.41, 5.74) is 0. The SMILES string of the molecule is COc1ccc2ccc(OC3CC4CCC(C3)N4C)cc2c1. The largest absolute Gasteiger partial charge is 0.497 e. The number of nitrogens with zero attached hydrogens (tertiary/aromatic N) is 1. The molecule has 2 heterocycles. The van der Waals surface area contributed by atoms with E-state index in [-0.39, 0.29) is 0 Å². The molecule has 3 nitrogen and oxygen atoms in total. The molecule has 2 aromatic carbocycles. The standard InChI is InChI=1S/C19H23NO2/c1-20-15-5-6-16(20)12-19(11-15)22-18-8-4-13-3-7-17(21-2)9-14(13)10-18/h3-4,7-10,15-16,19H,5-6,11-12H2,1-2H3. The maximum Gasteiger partial charge on any atom is 0.120 e. The number of hydrogen-bond donors (Lipinski definition) is 0. The average molecular weight is 297 g/mol. The van der Waals surface area contributed by atoms with Gasteiger partial charge in [-0.05, 0) is 67.8 Å². The van der Waals surface area contributed by atoms with Crippen molar-refractivity contribution in [1.82, 2.24) is 4.90 Å². The fraction of sp³-hybridized carbons (Fsp3) is 0.474. The van der Waals surface area contributed by atoms with Crippen LogP contribution in [0.1, 0.15) is 25.7 Å². The highest BCUT2D eigenvalue weighted by Crippen LogP contribution is 2.36. The van der Waals surface area contributed by atoms with Crippen LogP contribution >= 0.6 is 0 Å². The molecule has 0 amide bonds. The second-order valence-electron chi connectivity index (χ2n) is 6.64. The molecule has 4 rings (SSSR count). The fourth-order valence-corrected chi connectivity index (χ4v) is 4.05. The normalized spacial score (nSPS) is 28.0. The smallest absolute Gasteiger partial charge is 0.120 e. The van der Waals surface area contributed by atoms with Crippen LogP contribution in [0.2, 0.25) is 0 Å². The minimum atomic E-state index is 0.358. The predicted molar refractivity (Wildman–Crippen MR) is 88.7 cm³/mol. The van der Waals surface area contributed by atoms with Gasteiger partial charge in [-0.1, -0.05) is 12.1 Å². The zero-order valence-electron chi connectivity index (χ0n) is 13.3. The van der Waals surface area contributed by atoms with Gasteiger partial charge in [0, 0.05) is 12.1 Å². The number of rotatable bonds is 3. The highest BCUT2D eigenvalue weighted by atomic mass is 16.5. The molecule has 2 aromatic rings. The van der Waals surface area contributed by atoms with Crippen LogP contribution in [0.25, 0.3) is 10.8 Å². The third-order valence-electron chi connectivity index (χ3n) is 5.38. The summed E-state index contributed by atoms with van der Waals surface area (Å²) in [5.74, 6) is 1.87. The number of hydrogen-bond acceptors (Lipinski definition) is 3. The van der Waals surface area contributed by atoms with Gasteiger partial charge in [0.25, 0.3) is 0 Å². The molecule has 3 heteroatoms. The Balaban J connectivity index is 1.54. The molecule has 2 unspecified atom stereocenters. The first kappa shape index (κ1) is 13.9. The Morgan fingerprint density at radius 3 is 2.23 bits per heavy atom. The van der Waals surface area contributed by atoms with Crippen molar-refractivity contribution >= 4 is 10.8 Å². The van der Waals surface area contributed by atoms with E-state index in [2.05, 4.69) is 42.3 Å². The van der Waals surface area contributed by atoms with Gasteiger partial charge in [0.2, 0.25) is 0 Å². The van der Waals surface area contributed by atoms with Crippen LogP contribution in [-0.4, -0.2) is 37.2 Å². The molecule has 0 spiro atoms. The number of fused-ring (bicyclic) bond motifs is 3. The minimum Gasteiger partial charge on any atom is -0.497 e. The van der Waals surface area contributed by atoms with E-state index in [9.17, 15) is 0 Å². The van der Waals surface area contributed by atoms with Crippen LogP contribution in [0, 0.1) is 0 Å². The zero-order chi connectivity index (χ0) is 15.1. The van der Waals surface area contributed by atoms with Crippen molar-refractivity contribution in [3.05, 3.63) is 36.4 Å². The first-order valence-electron chi connectivity index (χ1n) is 8.19. The van der Waals surface area contributed by atoms with Crippen molar-refractivity contribution in [3.63, 3.8) is 0 Å². The second-order valence-corrected chi connectivity index (χ2v) is 6.64. The lowest BCUT2D eigenvalue weighted by atomic mass is 10.0. The molecule has 0 aromatic heterocycles. The third-order valence-corrected chi connectivity index (χ3v) is 5.38. The molecule has 2 aliphatic rings. The summed E-state index contributed by atoms with van der Waals surface area (Å²) in [7, 11) is 3.97. The molecule has 0 saturated carbocycles. The van der Waals surface area contributed by atoms with Gasteiger partial charge < -0.3 is 14.4 Å². The lowest BCUT2D eigenvalue weighted by Crippen LogP contribution is -2.43. The molecule has 0 aliphatic carbocycles. The highest BCUT2D eigenvalue weighted by molar-refractivity contribution is 5.85. The number of benzene rings is 2. The maximum absolute atomic E-state index is 6.30. The van der Waals surface area contributed by atoms with Gasteiger partial charge >= 0.3 is 0 Å². The Morgan fingerprint density at radius 2 is 1.55 bits per heavy atom. The van der Waals surface area contributed by atoms with E-state index in [1.165, 1.54) is 23.6 Å². The quantitative estimate of drug-likeness (QED) is 0.859. The Labute approximate surface area is 131 Å². The van der Waals surface area contributed by atoms with E-state index in [1.807, 2.05) is 6.07 Å². The molecule has 0 radical (unpaired) electrons. The summed E-state index contributed by atoms with van der Waals surface area (Å²) in [4.78, 5) is 2.55. The zero-order valence-corrected chi connectivity index (χ0v) is 13.3. The highest BCUT2D eigenvalue weighted by Gasteiger charge is 2.39.